The van der Waals surface area contributed by atoms with Gasteiger partial charge in [0.05, 0.1) is 23.7 Å². The van der Waals surface area contributed by atoms with Gasteiger partial charge in [-0.1, -0.05) is 12.8 Å². The number of aliphatic carboxylic acids is 1. The van der Waals surface area contributed by atoms with E-state index >= 15 is 0 Å². The monoisotopic (exact) mass is 349 g/mol. The highest BCUT2D eigenvalue weighted by atomic mass is 32.1. The molecule has 1 saturated carbocycles. The molecule has 24 heavy (non-hydrogen) atoms. The molecule has 0 saturated heterocycles. The van der Waals surface area contributed by atoms with Crippen LogP contribution in [0.25, 0.3) is 10.2 Å². The van der Waals surface area contributed by atoms with Gasteiger partial charge in [-0.25, -0.2) is 4.98 Å². The predicted molar refractivity (Wildman–Crippen MR) is 90.1 cm³/mol. The molecule has 0 unspecified atom stereocenters. The summed E-state index contributed by atoms with van der Waals surface area (Å²) in [6, 6.07) is 1.73. The number of nitrogens with one attached hydrogen (secondary N) is 1. The third-order valence-electron chi connectivity index (χ3n) is 4.49. The summed E-state index contributed by atoms with van der Waals surface area (Å²) in [7, 11) is 0. The largest absolute Gasteiger partial charge is 0.481 e. The molecule has 2 aromatic rings. The number of aromatic nitrogens is 2. The Morgan fingerprint density at radius 1 is 1.38 bits per heavy atom. The fourth-order valence-electron chi connectivity index (χ4n) is 3.32. The number of hydrogen-bond acceptors (Lipinski definition) is 5. The molecule has 0 aromatic carbocycles. The molecule has 2 aromatic heterocycles. The minimum absolute atomic E-state index is 0.0545. The van der Waals surface area contributed by atoms with Crippen LogP contribution in [0.5, 0.6) is 0 Å². The molecule has 1 aliphatic carbocycles. The summed E-state index contributed by atoms with van der Waals surface area (Å²) in [6.45, 7) is 0.229. The van der Waals surface area contributed by atoms with Crippen LogP contribution < -0.4 is 10.9 Å². The second-order valence-electron chi connectivity index (χ2n) is 6.24. The van der Waals surface area contributed by atoms with Crippen LogP contribution in [0.2, 0.25) is 0 Å². The molecule has 2 N–H and O–H groups in total. The lowest BCUT2D eigenvalue weighted by atomic mass is 9.93. The topological polar surface area (TPSA) is 101 Å². The Bertz CT molecular complexity index is 820. The molecule has 1 amide bonds. The van der Waals surface area contributed by atoms with E-state index in [9.17, 15) is 14.4 Å². The van der Waals surface area contributed by atoms with Crippen LogP contribution in [-0.4, -0.2) is 32.1 Å². The first-order chi connectivity index (χ1) is 11.5. The van der Waals surface area contributed by atoms with Crippen LogP contribution in [0.4, 0.5) is 0 Å². The molecule has 0 radical (unpaired) electrons. The lowest BCUT2D eigenvalue weighted by Crippen LogP contribution is -2.48. The minimum atomic E-state index is -0.902. The number of carboxylic acids is 1. The van der Waals surface area contributed by atoms with Gasteiger partial charge in [-0.3, -0.25) is 19.0 Å². The van der Waals surface area contributed by atoms with Gasteiger partial charge in [0.25, 0.3) is 5.56 Å². The van der Waals surface area contributed by atoms with Crippen LogP contribution in [0.1, 0.15) is 38.5 Å². The summed E-state index contributed by atoms with van der Waals surface area (Å²) in [5, 5.41) is 14.3. The molecule has 0 aliphatic heterocycles. The van der Waals surface area contributed by atoms with Gasteiger partial charge in [-0.05, 0) is 24.3 Å². The van der Waals surface area contributed by atoms with Gasteiger partial charge in [0.15, 0.2) is 0 Å². The third kappa shape index (κ3) is 3.48. The Balaban J connectivity index is 1.65. The average molecular weight is 349 g/mol. The number of amides is 1. The van der Waals surface area contributed by atoms with Crippen molar-refractivity contribution in [2.75, 3.05) is 0 Å². The van der Waals surface area contributed by atoms with Crippen molar-refractivity contribution in [2.24, 2.45) is 0 Å². The van der Waals surface area contributed by atoms with Gasteiger partial charge in [-0.15, -0.1) is 11.3 Å². The van der Waals surface area contributed by atoms with Gasteiger partial charge in [0, 0.05) is 13.0 Å². The molecule has 3 rings (SSSR count). The van der Waals surface area contributed by atoms with Crippen molar-refractivity contribution in [3.63, 3.8) is 0 Å². The quantitative estimate of drug-likeness (QED) is 0.827. The summed E-state index contributed by atoms with van der Waals surface area (Å²) >= 11 is 1.40. The predicted octanol–water partition coefficient (Wildman–Crippen LogP) is 1.75. The summed E-state index contributed by atoms with van der Waals surface area (Å²) < 4.78 is 1.42. The highest BCUT2D eigenvalue weighted by molar-refractivity contribution is 7.16. The lowest BCUT2D eigenvalue weighted by Gasteiger charge is -2.28. The van der Waals surface area contributed by atoms with E-state index in [1.807, 2.05) is 5.38 Å². The molecule has 8 heteroatoms. The van der Waals surface area contributed by atoms with E-state index in [-0.39, 0.29) is 30.9 Å². The van der Waals surface area contributed by atoms with Crippen molar-refractivity contribution in [3.8, 4) is 0 Å². The van der Waals surface area contributed by atoms with Gasteiger partial charge < -0.3 is 10.4 Å². The Kier molecular flexibility index (Phi) is 4.66. The van der Waals surface area contributed by atoms with Crippen LogP contribution in [0.15, 0.2) is 22.6 Å². The number of fused-ring (bicyclic) bond motifs is 1. The van der Waals surface area contributed by atoms with E-state index in [0.29, 0.717) is 23.1 Å². The first-order valence-electron chi connectivity index (χ1n) is 7.95. The third-order valence-corrected chi connectivity index (χ3v) is 5.31. The number of carbonyl (C=O) groups excluding carboxylic acids is 1. The van der Waals surface area contributed by atoms with Crippen molar-refractivity contribution in [1.29, 1.82) is 0 Å². The Morgan fingerprint density at radius 2 is 2.12 bits per heavy atom. The number of carboxylic acid groups (broad SMARTS) is 1. The second kappa shape index (κ2) is 6.72. The number of carbonyl (C=O) groups is 2. The van der Waals surface area contributed by atoms with Crippen molar-refractivity contribution < 1.29 is 14.7 Å². The first kappa shape index (κ1) is 16.6. The summed E-state index contributed by atoms with van der Waals surface area (Å²) in [5.41, 5.74) is -0.793. The van der Waals surface area contributed by atoms with Crippen molar-refractivity contribution in [3.05, 3.63) is 28.1 Å². The number of rotatable bonds is 6. The Morgan fingerprint density at radius 3 is 2.83 bits per heavy atom. The van der Waals surface area contributed by atoms with E-state index in [0.717, 1.165) is 12.8 Å². The van der Waals surface area contributed by atoms with E-state index in [1.54, 1.807) is 6.07 Å². The molecule has 7 nitrogen and oxygen atoms in total. The average Bonchev–Trinajstić information content (AvgIpc) is 3.15. The zero-order valence-corrected chi connectivity index (χ0v) is 14.0. The maximum Gasteiger partial charge on any atom is 0.305 e. The van der Waals surface area contributed by atoms with Gasteiger partial charge in [0.2, 0.25) is 5.91 Å². The summed E-state index contributed by atoms with van der Waals surface area (Å²) in [5.74, 6) is -1.13. The molecule has 1 fully saturated rings. The number of thiophene rings is 1. The summed E-state index contributed by atoms with van der Waals surface area (Å²) in [4.78, 5) is 40.5. The van der Waals surface area contributed by atoms with Crippen molar-refractivity contribution >= 4 is 33.4 Å². The van der Waals surface area contributed by atoms with Gasteiger partial charge in [-0.2, -0.15) is 0 Å². The van der Waals surface area contributed by atoms with Crippen LogP contribution in [-0.2, 0) is 16.1 Å². The normalized spacial score (nSPS) is 16.3. The Hall–Kier alpha value is -2.22. The zero-order valence-electron chi connectivity index (χ0n) is 13.2. The highest BCUT2D eigenvalue weighted by Gasteiger charge is 2.37. The highest BCUT2D eigenvalue weighted by Crippen LogP contribution is 2.32. The maximum atomic E-state index is 12.3. The molecule has 1 aliphatic rings. The van der Waals surface area contributed by atoms with Crippen LogP contribution >= 0.6 is 11.3 Å². The maximum absolute atomic E-state index is 12.3. The summed E-state index contributed by atoms with van der Waals surface area (Å²) in [6.07, 6.45) is 4.75. The fourth-order valence-corrected chi connectivity index (χ4v) is 4.04. The van der Waals surface area contributed by atoms with E-state index < -0.39 is 11.5 Å². The second-order valence-corrected chi connectivity index (χ2v) is 7.13. The number of aryl methyl sites for hydroxylation is 1. The fraction of sp³-hybridized carbons (Fsp3) is 0.500. The van der Waals surface area contributed by atoms with Crippen molar-refractivity contribution in [2.45, 2.75) is 50.6 Å². The molecule has 0 spiro atoms. The molecular weight excluding hydrogens is 330 g/mol. The molecule has 0 bridgehead atoms. The zero-order chi connectivity index (χ0) is 17.2. The molecule has 128 valence electrons. The smallest absolute Gasteiger partial charge is 0.305 e. The van der Waals surface area contributed by atoms with Crippen LogP contribution in [0.3, 0.4) is 0 Å². The van der Waals surface area contributed by atoms with E-state index in [1.165, 1.54) is 22.2 Å². The SMILES string of the molecule is O=C(O)CC1(NC(=O)CCn2cnc3sccc3c2=O)CCCC1. The lowest BCUT2D eigenvalue weighted by molar-refractivity contribution is -0.139. The first-order valence-corrected chi connectivity index (χ1v) is 8.83. The van der Waals surface area contributed by atoms with Gasteiger partial charge >= 0.3 is 5.97 Å². The molecule has 0 atom stereocenters. The minimum Gasteiger partial charge on any atom is -0.481 e. The van der Waals surface area contributed by atoms with Crippen LogP contribution in [0, 0.1) is 0 Å². The van der Waals surface area contributed by atoms with Gasteiger partial charge in [0.1, 0.15) is 4.83 Å². The standard InChI is InChI=1S/C16H19N3O4S/c20-12(18-16(9-13(21)22)5-1-2-6-16)3-7-19-10-17-14-11(15(19)23)4-8-24-14/h4,8,10H,1-3,5-7,9H2,(H,18,20)(H,21,22). The van der Waals surface area contributed by atoms with E-state index in [2.05, 4.69) is 10.3 Å². The van der Waals surface area contributed by atoms with E-state index in [4.69, 9.17) is 5.11 Å². The number of nitrogens with zero attached hydrogens (tertiary/aromatic N) is 2. The molecule has 2 heterocycles. The molecular formula is C16H19N3O4S. The Labute approximate surface area is 142 Å². The van der Waals surface area contributed by atoms with Crippen molar-refractivity contribution in [1.82, 2.24) is 14.9 Å². The number of hydrogen-bond donors (Lipinski definition) is 2.